The molecule has 7 nitrogen and oxygen atoms in total. The number of carbonyl (C=O) groups is 2. The summed E-state index contributed by atoms with van der Waals surface area (Å²) < 4.78 is 7.91. The fraction of sp³-hybridized carbons (Fsp3) is 0.421. The third-order valence-corrected chi connectivity index (χ3v) is 5.52. The van der Waals surface area contributed by atoms with Crippen LogP contribution >= 0.6 is 11.8 Å². The number of aromatic nitrogens is 2. The highest BCUT2D eigenvalue weighted by atomic mass is 32.2. The number of urea groups is 1. The van der Waals surface area contributed by atoms with Crippen molar-refractivity contribution in [1.82, 2.24) is 20.2 Å². The number of hydrogen-bond donors (Lipinski definition) is 2. The van der Waals surface area contributed by atoms with Crippen molar-refractivity contribution in [3.05, 3.63) is 36.5 Å². The lowest BCUT2D eigenvalue weighted by Gasteiger charge is -2.17. The van der Waals surface area contributed by atoms with Gasteiger partial charge in [-0.05, 0) is 25.3 Å². The van der Waals surface area contributed by atoms with Gasteiger partial charge in [0.15, 0.2) is 5.16 Å². The van der Waals surface area contributed by atoms with Gasteiger partial charge in [0.05, 0.1) is 29.8 Å². The number of hydrogen-bond acceptors (Lipinski definition) is 5. The van der Waals surface area contributed by atoms with Crippen LogP contribution in [0, 0.1) is 0 Å². The highest BCUT2D eigenvalue weighted by molar-refractivity contribution is 8.00. The zero-order valence-electron chi connectivity index (χ0n) is 15.5. The highest BCUT2D eigenvalue weighted by Gasteiger charge is 2.24. The third-order valence-electron chi connectivity index (χ3n) is 4.41. The minimum atomic E-state index is -0.514. The van der Waals surface area contributed by atoms with E-state index in [2.05, 4.69) is 20.2 Å². The van der Waals surface area contributed by atoms with Crippen LogP contribution in [0.1, 0.15) is 19.8 Å². The van der Waals surface area contributed by atoms with E-state index in [4.69, 9.17) is 4.74 Å². The second-order valence-electron chi connectivity index (χ2n) is 6.37. The van der Waals surface area contributed by atoms with E-state index in [1.165, 1.54) is 18.8 Å². The molecule has 144 valence electrons. The SMILES string of the molecule is CNC(=O)NC(=O)[C@@H](C)Sc1ncc(-c2ccccc2)n1C[C@@H]1CCCO1. The van der Waals surface area contributed by atoms with Crippen LogP contribution in [-0.4, -0.2) is 46.5 Å². The summed E-state index contributed by atoms with van der Waals surface area (Å²) in [7, 11) is 1.47. The van der Waals surface area contributed by atoms with Crippen LogP contribution in [0.3, 0.4) is 0 Å². The van der Waals surface area contributed by atoms with E-state index >= 15 is 0 Å². The summed E-state index contributed by atoms with van der Waals surface area (Å²) in [4.78, 5) is 28.1. The summed E-state index contributed by atoms with van der Waals surface area (Å²) in [6, 6.07) is 9.53. The predicted octanol–water partition coefficient (Wildman–Crippen LogP) is 2.67. The number of thioether (sulfide) groups is 1. The lowest BCUT2D eigenvalue weighted by Crippen LogP contribution is -2.41. The van der Waals surface area contributed by atoms with Crippen LogP contribution in [0.25, 0.3) is 11.3 Å². The molecule has 2 atom stereocenters. The minimum absolute atomic E-state index is 0.149. The van der Waals surface area contributed by atoms with Crippen molar-refractivity contribution < 1.29 is 14.3 Å². The number of nitrogens with zero attached hydrogens (tertiary/aromatic N) is 2. The van der Waals surface area contributed by atoms with Crippen LogP contribution in [0.2, 0.25) is 0 Å². The molecule has 1 aromatic carbocycles. The molecular weight excluding hydrogens is 364 g/mol. The molecule has 27 heavy (non-hydrogen) atoms. The fourth-order valence-corrected chi connectivity index (χ4v) is 3.84. The van der Waals surface area contributed by atoms with Crippen LogP contribution in [-0.2, 0) is 16.1 Å². The van der Waals surface area contributed by atoms with Crippen molar-refractivity contribution >= 4 is 23.7 Å². The maximum absolute atomic E-state index is 12.2. The molecule has 0 spiro atoms. The standard InChI is InChI=1S/C19H24N4O3S/c1-13(17(24)22-18(25)20-2)27-19-21-11-16(14-7-4-3-5-8-14)23(19)12-15-9-6-10-26-15/h3-5,7-8,11,13,15H,6,9-10,12H2,1-2H3,(H2,20,22,24,25)/t13-,15+/m1/s1. The van der Waals surface area contributed by atoms with Crippen LogP contribution in [0.5, 0.6) is 0 Å². The van der Waals surface area contributed by atoms with Crippen LogP contribution in [0.4, 0.5) is 4.79 Å². The van der Waals surface area contributed by atoms with Crippen molar-refractivity contribution in [3.63, 3.8) is 0 Å². The maximum atomic E-state index is 12.2. The molecule has 0 radical (unpaired) electrons. The van der Waals surface area contributed by atoms with Crippen molar-refractivity contribution in [2.24, 2.45) is 0 Å². The molecule has 0 unspecified atom stereocenters. The van der Waals surface area contributed by atoms with E-state index in [1.807, 2.05) is 36.5 Å². The van der Waals surface area contributed by atoms with Gasteiger partial charge in [0.25, 0.3) is 0 Å². The van der Waals surface area contributed by atoms with Gasteiger partial charge in [-0.25, -0.2) is 9.78 Å². The zero-order valence-corrected chi connectivity index (χ0v) is 16.3. The van der Waals surface area contributed by atoms with E-state index in [-0.39, 0.29) is 12.0 Å². The van der Waals surface area contributed by atoms with Crippen molar-refractivity contribution in [3.8, 4) is 11.3 Å². The molecular formula is C19H24N4O3S. The average Bonchev–Trinajstić information content (AvgIpc) is 3.33. The van der Waals surface area contributed by atoms with Gasteiger partial charge in [0.1, 0.15) is 0 Å². The summed E-state index contributed by atoms with van der Waals surface area (Å²) in [5, 5.41) is 4.97. The van der Waals surface area contributed by atoms with E-state index < -0.39 is 11.3 Å². The normalized spacial score (nSPS) is 17.5. The number of imide groups is 1. The van der Waals surface area contributed by atoms with Gasteiger partial charge in [0, 0.05) is 13.7 Å². The monoisotopic (exact) mass is 388 g/mol. The first-order chi connectivity index (χ1) is 13.1. The number of carbonyl (C=O) groups excluding carboxylic acids is 2. The van der Waals surface area contributed by atoms with Crippen molar-refractivity contribution in [2.45, 2.75) is 42.8 Å². The molecule has 1 saturated heterocycles. The molecule has 0 bridgehead atoms. The minimum Gasteiger partial charge on any atom is -0.376 e. The predicted molar refractivity (Wildman–Crippen MR) is 105 cm³/mol. The quantitative estimate of drug-likeness (QED) is 0.743. The molecule has 1 fully saturated rings. The molecule has 3 rings (SSSR count). The topological polar surface area (TPSA) is 85.3 Å². The second-order valence-corrected chi connectivity index (χ2v) is 7.67. The molecule has 2 N–H and O–H groups in total. The Labute approximate surface area is 162 Å². The number of nitrogens with one attached hydrogen (secondary N) is 2. The number of imidazole rings is 1. The first kappa shape index (κ1) is 19.4. The first-order valence-corrected chi connectivity index (χ1v) is 9.88. The van der Waals surface area contributed by atoms with E-state index in [0.717, 1.165) is 35.9 Å². The molecule has 2 aromatic rings. The van der Waals surface area contributed by atoms with Gasteiger partial charge in [0.2, 0.25) is 5.91 Å². The zero-order chi connectivity index (χ0) is 19.2. The third kappa shape index (κ3) is 4.90. The lowest BCUT2D eigenvalue weighted by molar-refractivity contribution is -0.119. The summed E-state index contributed by atoms with van der Waals surface area (Å²) in [6.45, 7) is 3.24. The number of ether oxygens (including phenoxy) is 1. The Kier molecular flexibility index (Phi) is 6.52. The van der Waals surface area contributed by atoms with Gasteiger partial charge < -0.3 is 14.6 Å². The van der Waals surface area contributed by atoms with Gasteiger partial charge in [-0.3, -0.25) is 10.1 Å². The Balaban J connectivity index is 1.82. The van der Waals surface area contributed by atoms with Gasteiger partial charge in [-0.1, -0.05) is 42.1 Å². The molecule has 0 saturated carbocycles. The largest absolute Gasteiger partial charge is 0.376 e. The lowest BCUT2D eigenvalue weighted by atomic mass is 10.1. The highest BCUT2D eigenvalue weighted by Crippen LogP contribution is 2.30. The van der Waals surface area contributed by atoms with E-state index in [1.54, 1.807) is 6.92 Å². The van der Waals surface area contributed by atoms with Gasteiger partial charge >= 0.3 is 6.03 Å². The molecule has 1 aliphatic heterocycles. The van der Waals surface area contributed by atoms with Crippen LogP contribution in [0.15, 0.2) is 41.7 Å². The molecule has 8 heteroatoms. The Bertz CT molecular complexity index is 788. The fourth-order valence-electron chi connectivity index (χ4n) is 2.95. The Hall–Kier alpha value is -2.32. The van der Waals surface area contributed by atoms with Gasteiger partial charge in [-0.15, -0.1) is 0 Å². The van der Waals surface area contributed by atoms with Crippen molar-refractivity contribution in [2.75, 3.05) is 13.7 Å². The first-order valence-electron chi connectivity index (χ1n) is 9.00. The van der Waals surface area contributed by atoms with E-state index in [0.29, 0.717) is 6.54 Å². The molecule has 1 aromatic heterocycles. The smallest absolute Gasteiger partial charge is 0.321 e. The number of amides is 3. The number of benzene rings is 1. The molecule has 3 amide bonds. The number of rotatable bonds is 6. The summed E-state index contributed by atoms with van der Waals surface area (Å²) in [5.74, 6) is -0.354. The van der Waals surface area contributed by atoms with Gasteiger partial charge in [-0.2, -0.15) is 0 Å². The summed E-state index contributed by atoms with van der Waals surface area (Å²) in [5.41, 5.74) is 2.06. The van der Waals surface area contributed by atoms with Crippen molar-refractivity contribution in [1.29, 1.82) is 0 Å². The molecule has 2 heterocycles. The second kappa shape index (κ2) is 9.05. The Morgan fingerprint density at radius 3 is 2.81 bits per heavy atom. The molecule has 0 aliphatic carbocycles. The van der Waals surface area contributed by atoms with Crippen LogP contribution < -0.4 is 10.6 Å². The average molecular weight is 388 g/mol. The molecule has 1 aliphatic rings. The summed E-state index contributed by atoms with van der Waals surface area (Å²) >= 11 is 1.33. The van der Waals surface area contributed by atoms with E-state index in [9.17, 15) is 9.59 Å². The maximum Gasteiger partial charge on any atom is 0.321 e. The Morgan fingerprint density at radius 2 is 2.15 bits per heavy atom. The Morgan fingerprint density at radius 1 is 1.37 bits per heavy atom. The summed E-state index contributed by atoms with van der Waals surface area (Å²) in [6.07, 6.45) is 4.06.